The Hall–Kier alpha value is -3.04. The van der Waals surface area contributed by atoms with Crippen molar-refractivity contribution in [1.29, 1.82) is 0 Å². The fourth-order valence-electron chi connectivity index (χ4n) is 6.84. The van der Waals surface area contributed by atoms with Crippen LogP contribution in [0.25, 0.3) is 0 Å². The molecule has 9 heteroatoms. The number of thioether (sulfide) groups is 1. The van der Waals surface area contributed by atoms with E-state index in [2.05, 4.69) is 17.6 Å². The van der Waals surface area contributed by atoms with Crippen LogP contribution in [0.4, 0.5) is 5.69 Å². The number of carbonyl (C=O) groups excluding carboxylic acids is 3. The molecule has 3 N–H and O–H groups in total. The minimum atomic E-state index is -0.827. The van der Waals surface area contributed by atoms with Crippen LogP contribution < -0.4 is 15.4 Å². The number of nitrogens with zero attached hydrogens (tertiary/aromatic N) is 1. The van der Waals surface area contributed by atoms with Gasteiger partial charge in [-0.3, -0.25) is 14.4 Å². The molecule has 39 heavy (non-hydrogen) atoms. The maximum atomic E-state index is 14.4. The lowest BCUT2D eigenvalue weighted by atomic mass is 9.66. The van der Waals surface area contributed by atoms with Gasteiger partial charge >= 0.3 is 0 Å². The number of aliphatic hydroxyl groups is 1. The van der Waals surface area contributed by atoms with Crippen molar-refractivity contribution in [3.63, 3.8) is 0 Å². The summed E-state index contributed by atoms with van der Waals surface area (Å²) in [6, 6.07) is 15.3. The zero-order valence-corrected chi connectivity index (χ0v) is 23.4. The van der Waals surface area contributed by atoms with Gasteiger partial charge in [-0.2, -0.15) is 0 Å². The molecule has 8 nitrogen and oxygen atoms in total. The van der Waals surface area contributed by atoms with Gasteiger partial charge in [0, 0.05) is 17.5 Å². The predicted octanol–water partition coefficient (Wildman–Crippen LogP) is 3.10. The van der Waals surface area contributed by atoms with E-state index in [1.165, 1.54) is 0 Å². The number of methoxy groups -OCH3 is 1. The molecule has 0 aromatic heterocycles. The van der Waals surface area contributed by atoms with E-state index >= 15 is 0 Å². The Morgan fingerprint density at radius 2 is 1.87 bits per heavy atom. The van der Waals surface area contributed by atoms with Crippen molar-refractivity contribution in [3.8, 4) is 5.75 Å². The highest BCUT2D eigenvalue weighted by Crippen LogP contribution is 2.68. The number of ether oxygens (including phenoxy) is 1. The van der Waals surface area contributed by atoms with Gasteiger partial charge in [0.1, 0.15) is 11.8 Å². The summed E-state index contributed by atoms with van der Waals surface area (Å²) in [4.78, 5) is 43.6. The average molecular weight is 552 g/mol. The number of nitrogens with one attached hydrogen (secondary N) is 2. The molecule has 3 fully saturated rings. The minimum Gasteiger partial charge on any atom is -0.497 e. The van der Waals surface area contributed by atoms with Gasteiger partial charge in [-0.25, -0.2) is 0 Å². The lowest BCUT2D eigenvalue weighted by molar-refractivity contribution is -0.142. The van der Waals surface area contributed by atoms with E-state index < -0.39 is 28.7 Å². The van der Waals surface area contributed by atoms with Crippen molar-refractivity contribution in [2.75, 3.05) is 25.6 Å². The van der Waals surface area contributed by atoms with Crippen molar-refractivity contribution in [3.05, 3.63) is 60.2 Å². The van der Waals surface area contributed by atoms with E-state index in [4.69, 9.17) is 4.74 Å². The SMILES string of the molecule is CCCNC(=O)[C@@H]1[C@H]2C(=O)N([C@@H](CO)Cc3ccccc3)C(C(=O)Nc3ccc(OC)cc3)C23S[C@@H]1CC3C. The van der Waals surface area contributed by atoms with Gasteiger partial charge in [0.15, 0.2) is 0 Å². The molecule has 7 atom stereocenters. The monoisotopic (exact) mass is 551 g/mol. The van der Waals surface area contributed by atoms with Crippen LogP contribution in [-0.4, -0.2) is 70.1 Å². The van der Waals surface area contributed by atoms with Crippen LogP contribution in [0.5, 0.6) is 5.75 Å². The van der Waals surface area contributed by atoms with Gasteiger partial charge in [-0.15, -0.1) is 11.8 Å². The molecule has 3 heterocycles. The van der Waals surface area contributed by atoms with Crippen LogP contribution in [0.3, 0.4) is 0 Å². The molecule has 3 unspecified atom stereocenters. The summed E-state index contributed by atoms with van der Waals surface area (Å²) in [5, 5.41) is 16.6. The smallest absolute Gasteiger partial charge is 0.248 e. The molecule has 0 aliphatic carbocycles. The lowest BCUT2D eigenvalue weighted by Crippen LogP contribution is -2.57. The van der Waals surface area contributed by atoms with Gasteiger partial charge in [-0.05, 0) is 55.0 Å². The lowest BCUT2D eigenvalue weighted by Gasteiger charge is -2.40. The third kappa shape index (κ3) is 4.69. The highest BCUT2D eigenvalue weighted by molar-refractivity contribution is 8.02. The summed E-state index contributed by atoms with van der Waals surface area (Å²) < 4.78 is 4.49. The van der Waals surface area contributed by atoms with Crippen LogP contribution in [0.2, 0.25) is 0 Å². The van der Waals surface area contributed by atoms with Crippen LogP contribution in [-0.2, 0) is 20.8 Å². The van der Waals surface area contributed by atoms with E-state index in [9.17, 15) is 19.5 Å². The highest BCUT2D eigenvalue weighted by atomic mass is 32.2. The van der Waals surface area contributed by atoms with Gasteiger partial charge in [0.05, 0.1) is 36.3 Å². The fourth-order valence-corrected chi connectivity index (χ4v) is 9.25. The molecular weight excluding hydrogens is 514 g/mol. The van der Waals surface area contributed by atoms with E-state index in [-0.39, 0.29) is 35.5 Å². The number of hydrogen-bond donors (Lipinski definition) is 3. The van der Waals surface area contributed by atoms with E-state index in [1.807, 2.05) is 37.3 Å². The van der Waals surface area contributed by atoms with Crippen LogP contribution in [0.15, 0.2) is 54.6 Å². The normalized spacial score (nSPS) is 29.7. The fraction of sp³-hybridized carbons (Fsp3) is 0.500. The maximum Gasteiger partial charge on any atom is 0.248 e. The summed E-state index contributed by atoms with van der Waals surface area (Å²) in [5.41, 5.74) is 1.56. The Kier molecular flexibility index (Phi) is 7.91. The summed E-state index contributed by atoms with van der Waals surface area (Å²) in [5.74, 6) is -1.01. The molecule has 2 bridgehead atoms. The number of aliphatic hydroxyl groups excluding tert-OH is 1. The topological polar surface area (TPSA) is 108 Å². The largest absolute Gasteiger partial charge is 0.497 e. The average Bonchev–Trinajstić information content (AvgIpc) is 3.55. The Bertz CT molecular complexity index is 1210. The van der Waals surface area contributed by atoms with Crippen molar-refractivity contribution < 1.29 is 24.2 Å². The third-order valence-corrected chi connectivity index (χ3v) is 10.6. The number of benzene rings is 2. The maximum absolute atomic E-state index is 14.4. The number of carbonyl (C=O) groups is 3. The van der Waals surface area contributed by atoms with E-state index in [0.717, 1.165) is 18.4 Å². The molecule has 1 spiro atoms. The second-order valence-electron chi connectivity index (χ2n) is 10.8. The highest BCUT2D eigenvalue weighted by Gasteiger charge is 2.76. The number of anilines is 1. The minimum absolute atomic E-state index is 0.0223. The van der Waals surface area contributed by atoms with Gasteiger partial charge in [0.2, 0.25) is 17.7 Å². The Morgan fingerprint density at radius 3 is 2.51 bits per heavy atom. The molecule has 0 radical (unpaired) electrons. The summed E-state index contributed by atoms with van der Waals surface area (Å²) >= 11 is 1.64. The van der Waals surface area contributed by atoms with Gasteiger partial charge in [-0.1, -0.05) is 44.2 Å². The first kappa shape index (κ1) is 27.5. The number of fused-ring (bicyclic) bond motifs is 1. The van der Waals surface area contributed by atoms with Crippen LogP contribution >= 0.6 is 11.8 Å². The molecule has 5 rings (SSSR count). The van der Waals surface area contributed by atoms with Crippen LogP contribution in [0.1, 0.15) is 32.3 Å². The van der Waals surface area contributed by atoms with Crippen molar-refractivity contribution in [2.45, 2.75) is 55.2 Å². The Morgan fingerprint density at radius 1 is 1.15 bits per heavy atom. The molecule has 3 aliphatic rings. The first-order valence-electron chi connectivity index (χ1n) is 13.7. The second-order valence-corrected chi connectivity index (χ2v) is 12.4. The number of hydrogen-bond acceptors (Lipinski definition) is 6. The molecule has 2 aromatic rings. The first-order chi connectivity index (χ1) is 18.8. The number of amides is 3. The zero-order chi connectivity index (χ0) is 27.7. The second kappa shape index (κ2) is 11.2. The Balaban J connectivity index is 1.54. The molecule has 3 saturated heterocycles. The van der Waals surface area contributed by atoms with Gasteiger partial charge < -0.3 is 25.4 Å². The molecule has 3 aliphatic heterocycles. The van der Waals surface area contributed by atoms with E-state index in [0.29, 0.717) is 24.4 Å². The summed E-state index contributed by atoms with van der Waals surface area (Å²) in [6.07, 6.45) is 1.98. The summed E-state index contributed by atoms with van der Waals surface area (Å²) in [6.45, 7) is 4.35. The van der Waals surface area contributed by atoms with Crippen molar-refractivity contribution in [1.82, 2.24) is 10.2 Å². The molecule has 2 aromatic carbocycles. The molecule has 0 saturated carbocycles. The van der Waals surface area contributed by atoms with Crippen molar-refractivity contribution >= 4 is 35.2 Å². The number of likely N-dealkylation sites (tertiary alicyclic amines) is 1. The molecule has 3 amide bonds. The Labute approximate surface area is 233 Å². The number of rotatable bonds is 10. The first-order valence-corrected chi connectivity index (χ1v) is 14.6. The quantitative estimate of drug-likeness (QED) is 0.419. The standard InChI is InChI=1S/C30H37N3O5S/c1-4-14-31-27(35)24-23-15-18(2)30(39-23)25(24)29(37)33(21(17-34)16-19-8-6-5-7-9-19)26(30)28(36)32-20-10-12-22(38-3)13-11-20/h5-13,18,21,23-26,34H,4,14-17H2,1-3H3,(H,31,35)(H,32,36)/t18?,21-,23-,24+,25+,26?,30?/m1/s1. The van der Waals surface area contributed by atoms with Crippen LogP contribution in [0, 0.1) is 17.8 Å². The molecule has 208 valence electrons. The molecular formula is C30H37N3O5S. The summed E-state index contributed by atoms with van der Waals surface area (Å²) in [7, 11) is 1.58. The zero-order valence-electron chi connectivity index (χ0n) is 22.6. The van der Waals surface area contributed by atoms with Gasteiger partial charge in [0.25, 0.3) is 0 Å². The predicted molar refractivity (Wildman–Crippen MR) is 151 cm³/mol. The van der Waals surface area contributed by atoms with E-state index in [1.54, 1.807) is 48.0 Å². The van der Waals surface area contributed by atoms with Crippen molar-refractivity contribution in [2.24, 2.45) is 17.8 Å². The third-order valence-electron chi connectivity index (χ3n) is 8.56.